The van der Waals surface area contributed by atoms with E-state index in [1.807, 2.05) is 0 Å². The molecule has 96 valence electrons. The van der Waals surface area contributed by atoms with Crippen LogP contribution in [0.15, 0.2) is 24.3 Å². The second kappa shape index (κ2) is 4.23. The van der Waals surface area contributed by atoms with Crippen LogP contribution >= 0.6 is 7.92 Å². The molecule has 0 aromatic heterocycles. The van der Waals surface area contributed by atoms with Crippen LogP contribution in [0.1, 0.15) is 48.0 Å². The summed E-state index contributed by atoms with van der Waals surface area (Å²) in [6.45, 7) is 14.5. The first-order chi connectivity index (χ1) is 7.71. The van der Waals surface area contributed by atoms with Crippen LogP contribution in [0.25, 0.3) is 0 Å². The van der Waals surface area contributed by atoms with Crippen molar-refractivity contribution in [3.8, 4) is 0 Å². The summed E-state index contributed by atoms with van der Waals surface area (Å²) >= 11 is 0. The summed E-state index contributed by atoms with van der Waals surface area (Å²) in [4.78, 5) is 0. The smallest absolute Gasteiger partial charge is 0.0161 e. The summed E-state index contributed by atoms with van der Waals surface area (Å²) in [5.41, 5.74) is 3.61. The second-order valence-electron chi connectivity index (χ2n) is 7.71. The van der Waals surface area contributed by atoms with Gasteiger partial charge in [-0.1, -0.05) is 73.8 Å². The molecule has 1 fully saturated rings. The van der Waals surface area contributed by atoms with Crippen LogP contribution in [-0.2, 0) is 0 Å². The van der Waals surface area contributed by atoms with Crippen LogP contribution in [0.5, 0.6) is 0 Å². The molecule has 1 aliphatic heterocycles. The topological polar surface area (TPSA) is 0 Å². The van der Waals surface area contributed by atoms with Crippen molar-refractivity contribution in [2.45, 2.75) is 64.9 Å². The molecule has 1 aliphatic carbocycles. The lowest BCUT2D eigenvalue weighted by Gasteiger charge is -2.58. The lowest BCUT2D eigenvalue weighted by molar-refractivity contribution is 0.276. The molecular weight excluding hydrogens is 223 g/mol. The molecule has 0 aromatic rings. The maximum atomic E-state index is 2.43. The summed E-state index contributed by atoms with van der Waals surface area (Å²) in [6, 6.07) is 0. The van der Waals surface area contributed by atoms with E-state index < -0.39 is 0 Å². The van der Waals surface area contributed by atoms with Gasteiger partial charge in [0.25, 0.3) is 0 Å². The molecular formula is C16H27P. The molecule has 1 saturated heterocycles. The molecule has 0 unspecified atom stereocenters. The molecule has 0 saturated carbocycles. The Morgan fingerprint density at radius 3 is 1.59 bits per heavy atom. The zero-order valence-electron chi connectivity index (χ0n) is 12.2. The highest BCUT2D eigenvalue weighted by molar-refractivity contribution is 7.62. The third kappa shape index (κ3) is 2.53. The van der Waals surface area contributed by atoms with Gasteiger partial charge in [0.05, 0.1) is 0 Å². The number of hydrogen-bond acceptors (Lipinski definition) is 0. The molecule has 2 aliphatic rings. The number of rotatable bonds is 1. The van der Waals surface area contributed by atoms with Gasteiger partial charge in [0.15, 0.2) is 0 Å². The van der Waals surface area contributed by atoms with Crippen molar-refractivity contribution in [3.05, 3.63) is 24.3 Å². The van der Waals surface area contributed by atoms with E-state index in [-0.39, 0.29) is 7.92 Å². The van der Waals surface area contributed by atoms with Crippen molar-refractivity contribution in [2.24, 2.45) is 10.8 Å². The minimum absolute atomic E-state index is 0.124. The zero-order chi connectivity index (χ0) is 12.8. The standard InChI is InChI=1S/C16H27P/c1-15(2,3)13-11-14(16(4,5)6)17(13)12-9-7-8-10-12/h7-10,12-14H,11H2,1-6H3/t13-,14-/m0/s1. The Morgan fingerprint density at radius 2 is 1.24 bits per heavy atom. The maximum Gasteiger partial charge on any atom is 0.0161 e. The van der Waals surface area contributed by atoms with Crippen LogP contribution < -0.4 is 0 Å². The van der Waals surface area contributed by atoms with Gasteiger partial charge in [-0.15, -0.1) is 0 Å². The third-order valence-corrected chi connectivity index (χ3v) is 8.68. The van der Waals surface area contributed by atoms with Gasteiger partial charge in [-0.05, 0) is 28.6 Å². The lowest BCUT2D eigenvalue weighted by Crippen LogP contribution is -2.47. The molecule has 0 nitrogen and oxygen atoms in total. The first-order valence-electron chi connectivity index (χ1n) is 6.84. The predicted octanol–water partition coefficient (Wildman–Crippen LogP) is 5.20. The molecule has 0 N–H and O–H groups in total. The second-order valence-corrected chi connectivity index (χ2v) is 10.4. The monoisotopic (exact) mass is 250 g/mol. The number of hydrogen-bond donors (Lipinski definition) is 0. The van der Waals surface area contributed by atoms with E-state index >= 15 is 0 Å². The Balaban J connectivity index is 2.19. The molecule has 0 amide bonds. The average Bonchev–Trinajstić information content (AvgIpc) is 2.48. The van der Waals surface area contributed by atoms with E-state index in [0.717, 1.165) is 17.0 Å². The van der Waals surface area contributed by atoms with Gasteiger partial charge in [0.2, 0.25) is 0 Å². The summed E-state index contributed by atoms with van der Waals surface area (Å²) in [6.07, 6.45) is 10.8. The van der Waals surface area contributed by atoms with Gasteiger partial charge in [-0.2, -0.15) is 0 Å². The summed E-state index contributed by atoms with van der Waals surface area (Å²) in [7, 11) is 0.124. The highest BCUT2D eigenvalue weighted by Gasteiger charge is 2.52. The fourth-order valence-corrected chi connectivity index (χ4v) is 7.34. The van der Waals surface area contributed by atoms with Crippen molar-refractivity contribution < 1.29 is 0 Å². The van der Waals surface area contributed by atoms with Gasteiger partial charge < -0.3 is 0 Å². The largest absolute Gasteiger partial charge is 0.0882 e. The van der Waals surface area contributed by atoms with Crippen LogP contribution in [-0.4, -0.2) is 17.0 Å². The maximum absolute atomic E-state index is 2.43. The molecule has 17 heavy (non-hydrogen) atoms. The molecule has 0 radical (unpaired) electrons. The zero-order valence-corrected chi connectivity index (χ0v) is 13.1. The van der Waals surface area contributed by atoms with E-state index in [9.17, 15) is 0 Å². The first kappa shape index (κ1) is 13.3. The molecule has 2 rings (SSSR count). The first-order valence-corrected chi connectivity index (χ1v) is 8.38. The van der Waals surface area contributed by atoms with Crippen molar-refractivity contribution in [1.82, 2.24) is 0 Å². The van der Waals surface area contributed by atoms with Gasteiger partial charge in [-0.3, -0.25) is 0 Å². The third-order valence-electron chi connectivity index (χ3n) is 4.24. The Hall–Kier alpha value is -0.0900. The normalized spacial score (nSPS) is 30.9. The van der Waals surface area contributed by atoms with E-state index in [1.165, 1.54) is 6.42 Å². The van der Waals surface area contributed by atoms with Crippen LogP contribution in [0.4, 0.5) is 0 Å². The van der Waals surface area contributed by atoms with Gasteiger partial charge in [-0.25, -0.2) is 0 Å². The lowest BCUT2D eigenvalue weighted by atomic mass is 9.81. The molecule has 1 heterocycles. The predicted molar refractivity (Wildman–Crippen MR) is 80.1 cm³/mol. The van der Waals surface area contributed by atoms with Crippen LogP contribution in [0.2, 0.25) is 0 Å². The fourth-order valence-electron chi connectivity index (χ4n) is 3.17. The van der Waals surface area contributed by atoms with E-state index in [4.69, 9.17) is 0 Å². The summed E-state index contributed by atoms with van der Waals surface area (Å²) in [5.74, 6) is 0. The van der Waals surface area contributed by atoms with Gasteiger partial charge in [0.1, 0.15) is 0 Å². The summed E-state index contributed by atoms with van der Waals surface area (Å²) < 4.78 is 0. The quantitative estimate of drug-likeness (QED) is 0.561. The van der Waals surface area contributed by atoms with E-state index in [1.54, 1.807) is 0 Å². The molecule has 0 spiro atoms. The Bertz CT molecular complexity index is 306. The minimum Gasteiger partial charge on any atom is -0.0882 e. The Labute approximate surface area is 108 Å². The minimum atomic E-state index is 0.124. The SMILES string of the molecule is CC(C)(C)[C@@H]1C[C@@H](C(C)(C)C)P1C1C=CC=C1. The van der Waals surface area contributed by atoms with Crippen molar-refractivity contribution in [3.63, 3.8) is 0 Å². The molecule has 1 heteroatoms. The Morgan fingerprint density at radius 1 is 0.824 bits per heavy atom. The summed E-state index contributed by atoms with van der Waals surface area (Å²) in [5, 5.41) is 0. The van der Waals surface area contributed by atoms with Crippen molar-refractivity contribution >= 4 is 7.92 Å². The molecule has 0 aromatic carbocycles. The van der Waals surface area contributed by atoms with Gasteiger partial charge >= 0.3 is 0 Å². The Kier molecular flexibility index (Phi) is 3.32. The number of allylic oxidation sites excluding steroid dienone is 4. The van der Waals surface area contributed by atoms with Gasteiger partial charge in [0, 0.05) is 5.66 Å². The highest BCUT2D eigenvalue weighted by atomic mass is 31.1. The molecule has 2 atom stereocenters. The van der Waals surface area contributed by atoms with Crippen LogP contribution in [0.3, 0.4) is 0 Å². The van der Waals surface area contributed by atoms with E-state index in [2.05, 4.69) is 65.8 Å². The highest BCUT2D eigenvalue weighted by Crippen LogP contribution is 2.72. The van der Waals surface area contributed by atoms with Crippen molar-refractivity contribution in [1.29, 1.82) is 0 Å². The fraction of sp³-hybridized carbons (Fsp3) is 0.750. The molecule has 0 bridgehead atoms. The van der Waals surface area contributed by atoms with Crippen molar-refractivity contribution in [2.75, 3.05) is 0 Å². The van der Waals surface area contributed by atoms with E-state index in [0.29, 0.717) is 10.8 Å². The van der Waals surface area contributed by atoms with Crippen LogP contribution in [0, 0.1) is 10.8 Å². The average molecular weight is 250 g/mol.